The molecule has 180 valence electrons. The summed E-state index contributed by atoms with van der Waals surface area (Å²) in [5.74, 6) is 0.471. The quantitative estimate of drug-likeness (QED) is 0.624. The van der Waals surface area contributed by atoms with Crippen LogP contribution in [0.25, 0.3) is 11.3 Å². The second kappa shape index (κ2) is 10.1. The molecule has 0 saturated carbocycles. The average molecular weight is 453 g/mol. The molecule has 1 aliphatic rings. The summed E-state index contributed by atoms with van der Waals surface area (Å²) in [6.07, 6.45) is 2.64. The molecule has 6 nitrogen and oxygen atoms in total. The van der Waals surface area contributed by atoms with Gasteiger partial charge in [-0.05, 0) is 34.9 Å². The summed E-state index contributed by atoms with van der Waals surface area (Å²) in [4.78, 5) is 15.4. The van der Waals surface area contributed by atoms with Crippen LogP contribution in [0, 0.1) is 17.3 Å². The highest BCUT2D eigenvalue weighted by Gasteiger charge is 2.42. The van der Waals surface area contributed by atoms with Crippen molar-refractivity contribution in [2.24, 2.45) is 24.3 Å². The van der Waals surface area contributed by atoms with Crippen LogP contribution in [0.1, 0.15) is 53.0 Å². The van der Waals surface area contributed by atoms with Gasteiger partial charge in [-0.3, -0.25) is 9.48 Å². The van der Waals surface area contributed by atoms with Crippen LogP contribution in [0.2, 0.25) is 0 Å². The van der Waals surface area contributed by atoms with Crippen molar-refractivity contribution in [1.29, 1.82) is 0 Å². The van der Waals surface area contributed by atoms with Crippen LogP contribution in [0.5, 0.6) is 0 Å². The zero-order valence-corrected chi connectivity index (χ0v) is 21.0. The van der Waals surface area contributed by atoms with Gasteiger partial charge in [0.05, 0.1) is 17.8 Å². The molecule has 3 rings (SSSR count). The number of carbonyl (C=O) groups excluding carboxylic acids is 1. The van der Waals surface area contributed by atoms with Gasteiger partial charge in [-0.1, -0.05) is 65.5 Å². The molecule has 6 heteroatoms. The number of amides is 1. The summed E-state index contributed by atoms with van der Waals surface area (Å²) >= 11 is 0. The first-order chi connectivity index (χ1) is 15.5. The smallest absolute Gasteiger partial charge is 0.226 e. The van der Waals surface area contributed by atoms with E-state index in [1.54, 1.807) is 6.20 Å². The van der Waals surface area contributed by atoms with Crippen molar-refractivity contribution in [3.05, 3.63) is 54.4 Å². The average Bonchev–Trinajstić information content (AvgIpc) is 3.35. The van der Waals surface area contributed by atoms with Crippen LogP contribution in [-0.2, 0) is 18.4 Å². The van der Waals surface area contributed by atoms with E-state index in [-0.39, 0.29) is 23.3 Å². The number of nitrogens with one attached hydrogen (secondary N) is 1. The lowest BCUT2D eigenvalue weighted by Gasteiger charge is -2.36. The number of likely N-dealkylation sites (tertiary alicyclic amines) is 1. The van der Waals surface area contributed by atoms with Gasteiger partial charge >= 0.3 is 0 Å². The van der Waals surface area contributed by atoms with E-state index in [9.17, 15) is 9.90 Å². The Kier molecular flexibility index (Phi) is 7.68. The molecule has 0 radical (unpaired) electrons. The number of aromatic nitrogens is 2. The van der Waals surface area contributed by atoms with Gasteiger partial charge < -0.3 is 15.3 Å². The van der Waals surface area contributed by atoms with E-state index in [0.717, 1.165) is 28.9 Å². The van der Waals surface area contributed by atoms with Crippen LogP contribution >= 0.6 is 0 Å². The van der Waals surface area contributed by atoms with Crippen molar-refractivity contribution in [3.63, 3.8) is 0 Å². The van der Waals surface area contributed by atoms with Crippen molar-refractivity contribution in [1.82, 2.24) is 20.0 Å². The zero-order chi connectivity index (χ0) is 24.3. The van der Waals surface area contributed by atoms with Crippen LogP contribution in [-0.4, -0.2) is 44.4 Å². The third-order valence-corrected chi connectivity index (χ3v) is 6.61. The number of carbonyl (C=O) groups is 1. The normalized spacial score (nSPS) is 19.7. The minimum Gasteiger partial charge on any atom is -0.391 e. The van der Waals surface area contributed by atoms with E-state index in [4.69, 9.17) is 0 Å². The summed E-state index contributed by atoms with van der Waals surface area (Å²) in [5.41, 5.74) is 3.97. The molecule has 33 heavy (non-hydrogen) atoms. The van der Waals surface area contributed by atoms with E-state index in [1.165, 1.54) is 0 Å². The number of rotatable bonds is 8. The van der Waals surface area contributed by atoms with Crippen LogP contribution in [0.3, 0.4) is 0 Å². The SMILES string of the molecule is C=C(NCc1ccc(-c2ccnn2C)cc1)[C@@H]1C[C@@H](O)CN1C(=O)[C@@H](CC(C)C)C(C)(C)C. The van der Waals surface area contributed by atoms with Gasteiger partial charge in [-0.2, -0.15) is 5.10 Å². The number of nitrogens with zero attached hydrogens (tertiary/aromatic N) is 3. The van der Waals surface area contributed by atoms with E-state index < -0.39 is 6.10 Å². The fraction of sp³-hybridized carbons (Fsp3) is 0.556. The molecule has 1 fully saturated rings. The van der Waals surface area contributed by atoms with E-state index in [0.29, 0.717) is 25.4 Å². The monoisotopic (exact) mass is 452 g/mol. The first-order valence-corrected chi connectivity index (χ1v) is 12.0. The Hall–Kier alpha value is -2.60. The number of hydrogen-bond acceptors (Lipinski definition) is 4. The van der Waals surface area contributed by atoms with Gasteiger partial charge in [0.2, 0.25) is 5.91 Å². The highest BCUT2D eigenvalue weighted by atomic mass is 16.3. The fourth-order valence-corrected chi connectivity index (χ4v) is 4.67. The molecule has 2 heterocycles. The molecular formula is C27H40N4O2. The molecule has 0 spiro atoms. The lowest BCUT2D eigenvalue weighted by Crippen LogP contribution is -2.46. The maximum absolute atomic E-state index is 13.6. The number of hydrogen-bond donors (Lipinski definition) is 2. The van der Waals surface area contributed by atoms with Gasteiger partial charge in [0.15, 0.2) is 0 Å². The van der Waals surface area contributed by atoms with Gasteiger partial charge in [-0.15, -0.1) is 0 Å². The van der Waals surface area contributed by atoms with Gasteiger partial charge in [0.25, 0.3) is 0 Å². The largest absolute Gasteiger partial charge is 0.391 e. The molecule has 1 saturated heterocycles. The minimum atomic E-state index is -0.518. The summed E-state index contributed by atoms with van der Waals surface area (Å²) in [6, 6.07) is 10.2. The molecule has 0 aliphatic carbocycles. The van der Waals surface area contributed by atoms with Crippen molar-refractivity contribution in [2.75, 3.05) is 6.54 Å². The van der Waals surface area contributed by atoms with E-state index in [2.05, 4.69) is 75.9 Å². The van der Waals surface area contributed by atoms with Crippen LogP contribution in [0.4, 0.5) is 0 Å². The standard InChI is InChI=1S/C27H40N4O2/c1-18(2)14-23(27(4,5)6)26(33)31-17-22(32)15-25(31)19(3)28-16-20-8-10-21(11-9-20)24-12-13-29-30(24)7/h8-13,18,22-23,25,28,32H,3,14-17H2,1-2,4-7H3/t22-,23-,25+/m1/s1. The van der Waals surface area contributed by atoms with Crippen molar-refractivity contribution in [3.8, 4) is 11.3 Å². The maximum atomic E-state index is 13.6. The zero-order valence-electron chi connectivity index (χ0n) is 21.0. The Labute approximate surface area is 198 Å². The Bertz CT molecular complexity index is 955. The molecule has 1 aromatic carbocycles. The molecule has 2 aromatic rings. The fourth-order valence-electron chi connectivity index (χ4n) is 4.67. The highest BCUT2D eigenvalue weighted by molar-refractivity contribution is 5.80. The summed E-state index contributed by atoms with van der Waals surface area (Å²) < 4.78 is 1.86. The van der Waals surface area contributed by atoms with Crippen molar-refractivity contribution >= 4 is 5.91 Å². The lowest BCUT2D eigenvalue weighted by molar-refractivity contribution is -0.140. The van der Waals surface area contributed by atoms with E-state index in [1.807, 2.05) is 22.7 Å². The number of aliphatic hydroxyl groups is 1. The van der Waals surface area contributed by atoms with Gasteiger partial charge in [-0.25, -0.2) is 0 Å². The molecular weight excluding hydrogens is 412 g/mol. The molecule has 0 unspecified atom stereocenters. The van der Waals surface area contributed by atoms with Crippen molar-refractivity contribution in [2.45, 2.75) is 66.2 Å². The topological polar surface area (TPSA) is 70.4 Å². The Balaban J connectivity index is 1.66. The number of aliphatic hydroxyl groups excluding tert-OH is 1. The second-order valence-electron chi connectivity index (χ2n) is 10.9. The van der Waals surface area contributed by atoms with E-state index >= 15 is 0 Å². The van der Waals surface area contributed by atoms with Gasteiger partial charge in [0.1, 0.15) is 0 Å². The molecule has 2 N–H and O–H groups in total. The minimum absolute atomic E-state index is 0.0855. The van der Waals surface area contributed by atoms with Crippen LogP contribution < -0.4 is 5.32 Å². The van der Waals surface area contributed by atoms with Crippen LogP contribution in [0.15, 0.2) is 48.8 Å². The molecule has 1 amide bonds. The predicted molar refractivity (Wildman–Crippen MR) is 133 cm³/mol. The highest BCUT2D eigenvalue weighted by Crippen LogP contribution is 2.35. The summed E-state index contributed by atoms with van der Waals surface area (Å²) in [6.45, 7) is 15.9. The molecule has 3 atom stereocenters. The molecule has 1 aliphatic heterocycles. The number of aryl methyl sites for hydroxylation is 1. The maximum Gasteiger partial charge on any atom is 0.226 e. The second-order valence-corrected chi connectivity index (χ2v) is 10.9. The third-order valence-electron chi connectivity index (χ3n) is 6.61. The third kappa shape index (κ3) is 6.05. The first kappa shape index (κ1) is 25.0. The molecule has 0 bridgehead atoms. The van der Waals surface area contributed by atoms with Gasteiger partial charge in [0, 0.05) is 44.4 Å². The van der Waals surface area contributed by atoms with Crippen molar-refractivity contribution < 1.29 is 9.90 Å². The Morgan fingerprint density at radius 3 is 2.45 bits per heavy atom. The molecule has 1 aromatic heterocycles. The number of β-amino-alcohol motifs (C(OH)–C–C–N with tert-alkyl or cyclic N) is 1. The Morgan fingerprint density at radius 1 is 1.24 bits per heavy atom. The predicted octanol–water partition coefficient (Wildman–Crippen LogP) is 4.36. The lowest BCUT2D eigenvalue weighted by atomic mass is 9.75. The summed E-state index contributed by atoms with van der Waals surface area (Å²) in [5, 5.41) is 18.0. The number of benzene rings is 1. The first-order valence-electron chi connectivity index (χ1n) is 12.0. The Morgan fingerprint density at radius 2 is 1.91 bits per heavy atom. The summed E-state index contributed by atoms with van der Waals surface area (Å²) in [7, 11) is 1.93.